The fourth-order valence-corrected chi connectivity index (χ4v) is 3.99. The molecule has 29 heavy (non-hydrogen) atoms. The lowest BCUT2D eigenvalue weighted by Gasteiger charge is -2.24. The monoisotopic (exact) mass is 428 g/mol. The highest BCUT2D eigenvalue weighted by molar-refractivity contribution is 7.12. The molecule has 3 aromatic rings. The maximum atomic E-state index is 13.2. The molecule has 0 saturated carbocycles. The van der Waals surface area contributed by atoms with Crippen molar-refractivity contribution in [2.45, 2.75) is 19.1 Å². The SMILES string of the molecule is O=C(c1cccs1)N(Cc1ccc(F)cc1)C[C@@H]1CC(c2ccc(Cl)cc2)=NO1. The summed E-state index contributed by atoms with van der Waals surface area (Å²) in [6, 6.07) is 17.3. The van der Waals surface area contributed by atoms with Crippen LogP contribution in [0.2, 0.25) is 5.02 Å². The Kier molecular flexibility index (Phi) is 5.92. The van der Waals surface area contributed by atoms with Crippen LogP contribution in [0.25, 0.3) is 0 Å². The molecule has 4 nitrogen and oxygen atoms in total. The number of halogens is 2. The molecule has 0 saturated heterocycles. The van der Waals surface area contributed by atoms with Gasteiger partial charge in [-0.25, -0.2) is 4.39 Å². The quantitative estimate of drug-likeness (QED) is 0.529. The van der Waals surface area contributed by atoms with Gasteiger partial charge in [0.15, 0.2) is 6.10 Å². The Morgan fingerprint density at radius 3 is 2.62 bits per heavy atom. The van der Waals surface area contributed by atoms with Gasteiger partial charge < -0.3 is 9.74 Å². The van der Waals surface area contributed by atoms with Crippen LogP contribution in [0.4, 0.5) is 4.39 Å². The van der Waals surface area contributed by atoms with Gasteiger partial charge in [-0.1, -0.05) is 47.1 Å². The summed E-state index contributed by atoms with van der Waals surface area (Å²) in [6.45, 7) is 0.752. The van der Waals surface area contributed by atoms with Crippen molar-refractivity contribution < 1.29 is 14.0 Å². The highest BCUT2D eigenvalue weighted by Crippen LogP contribution is 2.22. The van der Waals surface area contributed by atoms with Crippen LogP contribution in [-0.4, -0.2) is 29.2 Å². The Morgan fingerprint density at radius 1 is 1.17 bits per heavy atom. The molecule has 1 amide bonds. The van der Waals surface area contributed by atoms with Crippen LogP contribution < -0.4 is 0 Å². The maximum Gasteiger partial charge on any atom is 0.264 e. The lowest BCUT2D eigenvalue weighted by molar-refractivity contribution is 0.0408. The van der Waals surface area contributed by atoms with Crippen molar-refractivity contribution in [1.29, 1.82) is 0 Å². The zero-order chi connectivity index (χ0) is 20.2. The van der Waals surface area contributed by atoms with Gasteiger partial charge in [0.2, 0.25) is 0 Å². The van der Waals surface area contributed by atoms with Gasteiger partial charge in [-0.15, -0.1) is 11.3 Å². The minimum absolute atomic E-state index is 0.0760. The fraction of sp³-hybridized carbons (Fsp3) is 0.182. The summed E-state index contributed by atoms with van der Waals surface area (Å²) in [4.78, 5) is 21.0. The summed E-state index contributed by atoms with van der Waals surface area (Å²) in [5.74, 6) is -0.377. The van der Waals surface area contributed by atoms with Crippen LogP contribution >= 0.6 is 22.9 Å². The van der Waals surface area contributed by atoms with Crippen LogP contribution in [-0.2, 0) is 11.4 Å². The van der Waals surface area contributed by atoms with E-state index in [-0.39, 0.29) is 17.8 Å². The summed E-state index contributed by atoms with van der Waals surface area (Å²) >= 11 is 7.34. The van der Waals surface area contributed by atoms with Gasteiger partial charge in [0, 0.05) is 18.0 Å². The predicted octanol–water partition coefficient (Wildman–Crippen LogP) is 5.38. The maximum absolute atomic E-state index is 13.2. The average molecular weight is 429 g/mol. The minimum Gasteiger partial charge on any atom is -0.390 e. The van der Waals surface area contributed by atoms with E-state index in [1.54, 1.807) is 23.1 Å². The minimum atomic E-state index is -0.301. The van der Waals surface area contributed by atoms with Gasteiger partial charge in [-0.3, -0.25) is 4.79 Å². The normalized spacial score (nSPS) is 15.7. The molecule has 148 valence electrons. The number of oxime groups is 1. The highest BCUT2D eigenvalue weighted by Gasteiger charge is 2.27. The first kappa shape index (κ1) is 19.6. The first-order valence-electron chi connectivity index (χ1n) is 9.14. The van der Waals surface area contributed by atoms with Crippen molar-refractivity contribution in [2.24, 2.45) is 5.16 Å². The zero-order valence-corrected chi connectivity index (χ0v) is 17.0. The highest BCUT2D eigenvalue weighted by atomic mass is 35.5. The molecule has 2 heterocycles. The molecule has 2 aromatic carbocycles. The van der Waals surface area contributed by atoms with E-state index in [0.29, 0.717) is 29.4 Å². The number of hydrogen-bond donors (Lipinski definition) is 0. The smallest absolute Gasteiger partial charge is 0.264 e. The van der Waals surface area contributed by atoms with E-state index in [2.05, 4.69) is 5.16 Å². The lowest BCUT2D eigenvalue weighted by Crippen LogP contribution is -2.37. The van der Waals surface area contributed by atoms with Gasteiger partial charge in [-0.05, 0) is 46.8 Å². The largest absolute Gasteiger partial charge is 0.390 e. The molecular formula is C22H18ClFN2O2S. The van der Waals surface area contributed by atoms with Crippen LogP contribution in [0, 0.1) is 5.82 Å². The van der Waals surface area contributed by atoms with Crippen molar-refractivity contribution in [3.05, 3.63) is 92.9 Å². The third-order valence-corrected chi connectivity index (χ3v) is 5.75. The van der Waals surface area contributed by atoms with Crippen molar-refractivity contribution >= 4 is 34.6 Å². The van der Waals surface area contributed by atoms with Crippen LogP contribution in [0.1, 0.15) is 27.2 Å². The zero-order valence-electron chi connectivity index (χ0n) is 15.4. The Morgan fingerprint density at radius 2 is 1.93 bits per heavy atom. The number of carbonyl (C=O) groups excluding carboxylic acids is 1. The first-order valence-corrected chi connectivity index (χ1v) is 10.4. The van der Waals surface area contributed by atoms with E-state index in [4.69, 9.17) is 16.4 Å². The molecule has 0 N–H and O–H groups in total. The second-order valence-electron chi connectivity index (χ2n) is 6.77. The van der Waals surface area contributed by atoms with Gasteiger partial charge in [0.1, 0.15) is 5.82 Å². The van der Waals surface area contributed by atoms with Crippen LogP contribution in [0.3, 0.4) is 0 Å². The Bertz CT molecular complexity index is 1000. The topological polar surface area (TPSA) is 41.9 Å². The third-order valence-electron chi connectivity index (χ3n) is 4.64. The fourth-order valence-electron chi connectivity index (χ4n) is 3.17. The van der Waals surface area contributed by atoms with Crippen LogP contribution in [0.15, 0.2) is 71.2 Å². The number of benzene rings is 2. The van der Waals surface area contributed by atoms with Crippen molar-refractivity contribution in [1.82, 2.24) is 4.90 Å². The molecular weight excluding hydrogens is 411 g/mol. The van der Waals surface area contributed by atoms with Crippen molar-refractivity contribution in [2.75, 3.05) is 6.54 Å². The van der Waals surface area contributed by atoms with Crippen molar-refractivity contribution in [3.63, 3.8) is 0 Å². The van der Waals surface area contributed by atoms with E-state index in [1.807, 2.05) is 35.7 Å². The summed E-state index contributed by atoms with van der Waals surface area (Å²) in [5, 5.41) is 6.74. The van der Waals surface area contributed by atoms with E-state index >= 15 is 0 Å². The number of thiophene rings is 1. The number of rotatable bonds is 6. The van der Waals surface area contributed by atoms with Gasteiger partial charge in [0.25, 0.3) is 5.91 Å². The van der Waals surface area contributed by atoms with Crippen LogP contribution in [0.5, 0.6) is 0 Å². The third kappa shape index (κ3) is 4.83. The molecule has 1 aromatic heterocycles. The predicted molar refractivity (Wildman–Crippen MR) is 113 cm³/mol. The van der Waals surface area contributed by atoms with Gasteiger partial charge in [0.05, 0.1) is 17.1 Å². The molecule has 7 heteroatoms. The molecule has 4 rings (SSSR count). The Labute approximate surface area is 177 Å². The standard InChI is InChI=1S/C22H18ClFN2O2S/c23-17-7-5-16(6-8-17)20-12-19(28-25-20)14-26(22(27)21-2-1-11-29-21)13-15-3-9-18(24)10-4-15/h1-11,19H,12-14H2/t19-/m0/s1. The van der Waals surface area contributed by atoms with Crippen molar-refractivity contribution in [3.8, 4) is 0 Å². The molecule has 1 atom stereocenters. The number of amides is 1. The lowest BCUT2D eigenvalue weighted by atomic mass is 10.0. The molecule has 0 bridgehead atoms. The number of carbonyl (C=O) groups is 1. The van der Waals surface area contributed by atoms with E-state index in [9.17, 15) is 9.18 Å². The van der Waals surface area contributed by atoms with Gasteiger partial charge in [-0.2, -0.15) is 0 Å². The Hall–Kier alpha value is -2.70. The summed E-state index contributed by atoms with van der Waals surface area (Å²) in [5.41, 5.74) is 2.64. The molecule has 1 aliphatic heterocycles. The summed E-state index contributed by atoms with van der Waals surface area (Å²) in [6.07, 6.45) is 0.351. The molecule has 0 unspecified atom stereocenters. The molecule has 0 aliphatic carbocycles. The van der Waals surface area contributed by atoms with E-state index < -0.39 is 0 Å². The average Bonchev–Trinajstić information content (AvgIpc) is 3.41. The second-order valence-corrected chi connectivity index (χ2v) is 8.15. The molecule has 1 aliphatic rings. The summed E-state index contributed by atoms with van der Waals surface area (Å²) in [7, 11) is 0. The first-order chi connectivity index (χ1) is 14.1. The summed E-state index contributed by atoms with van der Waals surface area (Å²) < 4.78 is 13.2. The number of nitrogens with zero attached hydrogens (tertiary/aromatic N) is 2. The van der Waals surface area contributed by atoms with Gasteiger partial charge >= 0.3 is 0 Å². The van der Waals surface area contributed by atoms with E-state index in [1.165, 1.54) is 23.5 Å². The Balaban J connectivity index is 1.47. The molecule has 0 fully saturated rings. The molecule has 0 spiro atoms. The second kappa shape index (κ2) is 8.76. The van der Waals surface area contributed by atoms with E-state index in [0.717, 1.165) is 16.8 Å². The number of hydrogen-bond acceptors (Lipinski definition) is 4. The molecule has 0 radical (unpaired) electrons.